The van der Waals surface area contributed by atoms with Gasteiger partial charge in [0.1, 0.15) is 5.69 Å². The molecule has 1 amide bonds. The van der Waals surface area contributed by atoms with Gasteiger partial charge in [0, 0.05) is 49.6 Å². The second-order valence-electron chi connectivity index (χ2n) is 10.5. The molecule has 0 bridgehead atoms. The summed E-state index contributed by atoms with van der Waals surface area (Å²) in [4.78, 5) is 31.8. The molecule has 2 aromatic heterocycles. The van der Waals surface area contributed by atoms with Crippen LogP contribution in [0.1, 0.15) is 79.9 Å². The largest absolute Gasteiger partial charge is 0.364 e. The normalized spacial score (nSPS) is 28.5. The summed E-state index contributed by atoms with van der Waals surface area (Å²) in [5.74, 6) is -6.30. The van der Waals surface area contributed by atoms with E-state index in [1.165, 1.54) is 12.3 Å². The summed E-state index contributed by atoms with van der Waals surface area (Å²) in [5.41, 5.74) is 5.54. The van der Waals surface area contributed by atoms with Gasteiger partial charge in [0.25, 0.3) is 5.91 Å². The minimum absolute atomic E-state index is 0.00107. The Morgan fingerprint density at radius 3 is 2.39 bits per heavy atom. The van der Waals surface area contributed by atoms with Crippen LogP contribution in [0.4, 0.5) is 17.6 Å². The first kappa shape index (κ1) is 22.3. The van der Waals surface area contributed by atoms with Crippen LogP contribution in [-0.2, 0) is 0 Å². The topological polar surface area (TPSA) is 88.8 Å². The molecule has 3 saturated carbocycles. The summed E-state index contributed by atoms with van der Waals surface area (Å²) in [6.07, 6.45) is 3.24. The summed E-state index contributed by atoms with van der Waals surface area (Å²) < 4.78 is 55.3. The molecule has 3 N–H and O–H groups in total. The molecule has 1 spiro atoms. The second kappa shape index (κ2) is 7.53. The lowest BCUT2D eigenvalue weighted by molar-refractivity contribution is -0.185. The van der Waals surface area contributed by atoms with Gasteiger partial charge in [-0.25, -0.2) is 17.6 Å². The molecule has 5 rings (SSSR count). The zero-order valence-electron chi connectivity index (χ0n) is 18.2. The van der Waals surface area contributed by atoms with Crippen molar-refractivity contribution in [1.82, 2.24) is 9.97 Å². The van der Waals surface area contributed by atoms with Crippen molar-refractivity contribution in [1.29, 1.82) is 0 Å². The molecular formula is C24H27F4N3O2. The minimum Gasteiger partial charge on any atom is -0.364 e. The zero-order valence-corrected chi connectivity index (χ0v) is 18.2. The van der Waals surface area contributed by atoms with E-state index in [1.807, 2.05) is 0 Å². The number of rotatable bonds is 3. The summed E-state index contributed by atoms with van der Waals surface area (Å²) in [5, 5.41) is 0.119. The molecule has 2 atom stereocenters. The van der Waals surface area contributed by atoms with Crippen LogP contribution in [-0.4, -0.2) is 27.7 Å². The Morgan fingerprint density at radius 2 is 1.76 bits per heavy atom. The maximum atomic E-state index is 13.8. The van der Waals surface area contributed by atoms with Crippen molar-refractivity contribution in [2.24, 2.45) is 23.0 Å². The van der Waals surface area contributed by atoms with Crippen molar-refractivity contribution in [3.63, 3.8) is 0 Å². The van der Waals surface area contributed by atoms with Gasteiger partial charge in [-0.2, -0.15) is 0 Å². The average molecular weight is 465 g/mol. The lowest BCUT2D eigenvalue weighted by atomic mass is 9.51. The predicted molar refractivity (Wildman–Crippen MR) is 114 cm³/mol. The second-order valence-corrected chi connectivity index (χ2v) is 10.5. The van der Waals surface area contributed by atoms with Crippen molar-refractivity contribution < 1.29 is 22.4 Å². The first-order valence-corrected chi connectivity index (χ1v) is 11.6. The van der Waals surface area contributed by atoms with E-state index in [-0.39, 0.29) is 59.9 Å². The number of amides is 1. The maximum absolute atomic E-state index is 13.8. The highest BCUT2D eigenvalue weighted by atomic mass is 19.3. The molecule has 3 fully saturated rings. The van der Waals surface area contributed by atoms with Gasteiger partial charge in [-0.05, 0) is 55.4 Å². The number of halogens is 4. The summed E-state index contributed by atoms with van der Waals surface area (Å²) in [7, 11) is 0. The number of nitrogens with zero attached hydrogens (tertiary/aromatic N) is 1. The highest BCUT2D eigenvalue weighted by molar-refractivity contribution is 6.03. The number of nitrogens with one attached hydrogen (secondary N) is 1. The van der Waals surface area contributed by atoms with Crippen LogP contribution in [0.5, 0.6) is 0 Å². The Balaban J connectivity index is 1.51. The molecule has 5 nitrogen and oxygen atoms in total. The average Bonchev–Trinajstić information content (AvgIpc) is 2.71. The molecule has 178 valence electrons. The number of alkyl halides is 4. The third-order valence-electron chi connectivity index (χ3n) is 8.20. The Bertz CT molecular complexity index is 1140. The smallest absolute Gasteiger partial charge is 0.268 e. The van der Waals surface area contributed by atoms with Gasteiger partial charge in [-0.1, -0.05) is 0 Å². The fraction of sp³-hybridized carbons (Fsp3) is 0.625. The molecular weight excluding hydrogens is 438 g/mol. The standard InChI is InChI=1S/C24H27F4N3O2/c25-23(26)6-1-13(2-7-23)15-10-22(11-24(27,28)12-22)5-3-14(15)17-9-18(32)19-16(31-17)4-8-30-20(19)21(29)33/h4,8-9,13-15H,1-3,5-7,10-12H2,(H2,29,33)(H,31,32)/t14-,15?/m1/s1. The number of aromatic amines is 1. The van der Waals surface area contributed by atoms with Gasteiger partial charge in [0.05, 0.1) is 10.9 Å². The van der Waals surface area contributed by atoms with E-state index in [0.29, 0.717) is 43.3 Å². The van der Waals surface area contributed by atoms with Crippen molar-refractivity contribution in [3.8, 4) is 0 Å². The highest BCUT2D eigenvalue weighted by Crippen LogP contribution is 2.64. The number of pyridine rings is 2. The third-order valence-corrected chi connectivity index (χ3v) is 8.20. The van der Waals surface area contributed by atoms with Crippen molar-refractivity contribution in [2.75, 3.05) is 0 Å². The van der Waals surface area contributed by atoms with Crippen LogP contribution in [0.3, 0.4) is 0 Å². The third kappa shape index (κ3) is 4.04. The number of hydrogen-bond donors (Lipinski definition) is 2. The van der Waals surface area contributed by atoms with Gasteiger partial charge in [0.15, 0.2) is 5.43 Å². The Labute approximate surface area is 188 Å². The Kier molecular flexibility index (Phi) is 5.10. The lowest BCUT2D eigenvalue weighted by Gasteiger charge is -2.55. The molecule has 1 unspecified atom stereocenters. The van der Waals surface area contributed by atoms with Gasteiger partial charge in [0.2, 0.25) is 11.8 Å². The fourth-order valence-electron chi connectivity index (χ4n) is 6.77. The fourth-order valence-corrected chi connectivity index (χ4v) is 6.77. The molecule has 0 radical (unpaired) electrons. The van der Waals surface area contributed by atoms with Crippen LogP contribution < -0.4 is 11.2 Å². The molecule has 0 aliphatic heterocycles. The van der Waals surface area contributed by atoms with Crippen LogP contribution in [0.2, 0.25) is 0 Å². The number of carbonyl (C=O) groups excluding carboxylic acids is 1. The number of aromatic nitrogens is 2. The number of fused-ring (bicyclic) bond motifs is 1. The van der Waals surface area contributed by atoms with Crippen molar-refractivity contribution in [3.05, 3.63) is 39.9 Å². The van der Waals surface area contributed by atoms with Crippen LogP contribution in [0.25, 0.3) is 10.9 Å². The van der Waals surface area contributed by atoms with Gasteiger partial charge >= 0.3 is 0 Å². The molecule has 2 heterocycles. The molecule has 0 aromatic carbocycles. The number of primary amides is 1. The van der Waals surface area contributed by atoms with E-state index in [0.717, 1.165) is 0 Å². The molecule has 9 heteroatoms. The molecule has 0 saturated heterocycles. The van der Waals surface area contributed by atoms with Crippen molar-refractivity contribution in [2.45, 2.75) is 75.6 Å². The monoisotopic (exact) mass is 465 g/mol. The van der Waals surface area contributed by atoms with Crippen LogP contribution in [0, 0.1) is 17.3 Å². The van der Waals surface area contributed by atoms with E-state index in [4.69, 9.17) is 5.73 Å². The van der Waals surface area contributed by atoms with Gasteiger partial charge in [-0.3, -0.25) is 14.6 Å². The van der Waals surface area contributed by atoms with Crippen LogP contribution >= 0.6 is 0 Å². The molecule has 2 aromatic rings. The van der Waals surface area contributed by atoms with E-state index in [9.17, 15) is 27.2 Å². The Hall–Kier alpha value is -2.45. The summed E-state index contributed by atoms with van der Waals surface area (Å²) in [6.45, 7) is 0. The van der Waals surface area contributed by atoms with E-state index < -0.39 is 23.2 Å². The minimum atomic E-state index is -2.67. The first-order chi connectivity index (χ1) is 15.5. The number of nitrogens with two attached hydrogens (primary N) is 1. The SMILES string of the molecule is NC(=O)c1nccc2[nH]c([C@@H]3CCC4(CC3C3CCC(F)(F)CC3)CC(F)(F)C4)cc(=O)c12. The number of H-pyrrole nitrogens is 1. The molecule has 3 aliphatic carbocycles. The summed E-state index contributed by atoms with van der Waals surface area (Å²) >= 11 is 0. The number of carbonyl (C=O) groups is 1. The first-order valence-electron chi connectivity index (χ1n) is 11.6. The lowest BCUT2D eigenvalue weighted by Crippen LogP contribution is -2.51. The predicted octanol–water partition coefficient (Wildman–Crippen LogP) is 5.15. The quantitative estimate of drug-likeness (QED) is 0.615. The van der Waals surface area contributed by atoms with E-state index in [1.54, 1.807) is 6.07 Å². The van der Waals surface area contributed by atoms with Gasteiger partial charge in [-0.15, -0.1) is 0 Å². The highest BCUT2D eigenvalue weighted by Gasteiger charge is 2.59. The zero-order chi connectivity index (χ0) is 23.6. The molecule has 3 aliphatic rings. The van der Waals surface area contributed by atoms with Crippen molar-refractivity contribution >= 4 is 16.8 Å². The maximum Gasteiger partial charge on any atom is 0.268 e. The van der Waals surface area contributed by atoms with E-state index >= 15 is 0 Å². The van der Waals surface area contributed by atoms with Gasteiger partial charge < -0.3 is 10.7 Å². The number of hydrogen-bond acceptors (Lipinski definition) is 3. The van der Waals surface area contributed by atoms with E-state index in [2.05, 4.69) is 9.97 Å². The summed E-state index contributed by atoms with van der Waals surface area (Å²) in [6, 6.07) is 3.04. The Morgan fingerprint density at radius 1 is 1.06 bits per heavy atom. The molecule has 33 heavy (non-hydrogen) atoms. The van der Waals surface area contributed by atoms with Crippen LogP contribution in [0.15, 0.2) is 23.1 Å².